The van der Waals surface area contributed by atoms with E-state index in [9.17, 15) is 4.79 Å². The molecule has 0 aliphatic carbocycles. The maximum Gasteiger partial charge on any atom is 0.257 e. The highest BCUT2D eigenvalue weighted by atomic mass is 16.3. The van der Waals surface area contributed by atoms with Gasteiger partial charge in [-0.3, -0.25) is 9.48 Å². The molecule has 2 atom stereocenters. The van der Waals surface area contributed by atoms with Gasteiger partial charge in [-0.15, -0.1) is 0 Å². The minimum Gasteiger partial charge on any atom is -0.472 e. The Hall–Kier alpha value is -2.08. The average Bonchev–Trinajstić information content (AvgIpc) is 3.19. The van der Waals surface area contributed by atoms with Crippen molar-refractivity contribution in [1.29, 1.82) is 0 Å². The van der Waals surface area contributed by atoms with Crippen LogP contribution in [0.2, 0.25) is 0 Å². The summed E-state index contributed by atoms with van der Waals surface area (Å²) in [5.41, 5.74) is 1.78. The molecule has 0 saturated carbocycles. The summed E-state index contributed by atoms with van der Waals surface area (Å²) in [6, 6.07) is 2.24. The van der Waals surface area contributed by atoms with Gasteiger partial charge in [0.25, 0.3) is 5.91 Å². The first-order valence-electron chi connectivity index (χ1n) is 7.53. The van der Waals surface area contributed by atoms with E-state index < -0.39 is 0 Å². The topological polar surface area (TPSA) is 54.5 Å². The maximum atomic E-state index is 12.7. The van der Waals surface area contributed by atoms with Crippen molar-refractivity contribution in [2.24, 2.45) is 7.05 Å². The number of likely N-dealkylation sites (N-methyl/N-ethyl adjacent to an activating group) is 1. The molecule has 6 nitrogen and oxygen atoms in total. The zero-order valence-electron chi connectivity index (χ0n) is 13.3. The van der Waals surface area contributed by atoms with Crippen molar-refractivity contribution < 1.29 is 9.21 Å². The molecule has 3 heterocycles. The van der Waals surface area contributed by atoms with Crippen LogP contribution in [0.1, 0.15) is 22.3 Å². The number of amides is 1. The van der Waals surface area contributed by atoms with E-state index >= 15 is 0 Å². The highest BCUT2D eigenvalue weighted by Crippen LogP contribution is 2.26. The molecule has 0 unspecified atom stereocenters. The largest absolute Gasteiger partial charge is 0.472 e. The molecule has 0 aromatic carbocycles. The number of hydrogen-bond donors (Lipinski definition) is 0. The molecule has 118 valence electrons. The van der Waals surface area contributed by atoms with Crippen LogP contribution in [0.4, 0.5) is 0 Å². The fourth-order valence-corrected chi connectivity index (χ4v) is 3.31. The van der Waals surface area contributed by atoms with Gasteiger partial charge in [-0.2, -0.15) is 5.10 Å². The van der Waals surface area contributed by atoms with Gasteiger partial charge in [-0.1, -0.05) is 0 Å². The summed E-state index contributed by atoms with van der Waals surface area (Å²) >= 11 is 0. The van der Waals surface area contributed by atoms with E-state index in [-0.39, 0.29) is 11.9 Å². The molecule has 6 heteroatoms. The van der Waals surface area contributed by atoms with Crippen LogP contribution in [0.5, 0.6) is 0 Å². The van der Waals surface area contributed by atoms with E-state index in [2.05, 4.69) is 24.1 Å². The van der Waals surface area contributed by atoms with Crippen LogP contribution in [-0.2, 0) is 13.5 Å². The molecule has 1 aliphatic rings. The third kappa shape index (κ3) is 2.78. The lowest BCUT2D eigenvalue weighted by Crippen LogP contribution is -2.45. The molecule has 2 aromatic rings. The van der Waals surface area contributed by atoms with Crippen molar-refractivity contribution in [3.8, 4) is 0 Å². The Morgan fingerprint density at radius 3 is 2.91 bits per heavy atom. The summed E-state index contributed by atoms with van der Waals surface area (Å²) in [6.07, 6.45) is 8.77. The lowest BCUT2D eigenvalue weighted by molar-refractivity contribution is 0.0704. The summed E-state index contributed by atoms with van der Waals surface area (Å²) in [5.74, 6) is 0.0481. The van der Waals surface area contributed by atoms with E-state index in [0.717, 1.165) is 24.9 Å². The van der Waals surface area contributed by atoms with Crippen molar-refractivity contribution in [2.45, 2.75) is 24.9 Å². The Morgan fingerprint density at radius 1 is 1.50 bits per heavy atom. The highest BCUT2D eigenvalue weighted by Gasteiger charge is 2.38. The Bertz CT molecular complexity index is 632. The first-order chi connectivity index (χ1) is 10.6. The van der Waals surface area contributed by atoms with Crippen LogP contribution in [0.25, 0.3) is 0 Å². The zero-order valence-corrected chi connectivity index (χ0v) is 13.3. The standard InChI is InChI=1S/C16H22N4O2/c1-18(2)14-4-6-20(16(21)13-5-7-22-11-13)15(14)8-12-9-17-19(3)10-12/h5,7,9-11,14-15H,4,6,8H2,1-3H3/t14-,15+/m1/s1. The third-order valence-corrected chi connectivity index (χ3v) is 4.41. The smallest absolute Gasteiger partial charge is 0.257 e. The molecule has 0 spiro atoms. The number of carbonyl (C=O) groups excluding carboxylic acids is 1. The lowest BCUT2D eigenvalue weighted by Gasteiger charge is -2.31. The Balaban J connectivity index is 1.83. The molecule has 3 rings (SSSR count). The zero-order chi connectivity index (χ0) is 15.7. The number of hydrogen-bond acceptors (Lipinski definition) is 4. The van der Waals surface area contributed by atoms with Crippen molar-refractivity contribution >= 4 is 5.91 Å². The maximum absolute atomic E-state index is 12.7. The van der Waals surface area contributed by atoms with Crippen molar-refractivity contribution in [3.63, 3.8) is 0 Å². The summed E-state index contributed by atoms with van der Waals surface area (Å²) in [5, 5.41) is 4.23. The summed E-state index contributed by atoms with van der Waals surface area (Å²) in [7, 11) is 6.06. The van der Waals surface area contributed by atoms with Gasteiger partial charge in [0.2, 0.25) is 0 Å². The molecular weight excluding hydrogens is 280 g/mol. The van der Waals surface area contributed by atoms with E-state index in [1.54, 1.807) is 17.0 Å². The monoisotopic (exact) mass is 302 g/mol. The quantitative estimate of drug-likeness (QED) is 0.857. The number of aromatic nitrogens is 2. The SMILES string of the molecule is CN(C)[C@@H]1CCN(C(=O)c2ccoc2)[C@H]1Cc1cnn(C)c1. The molecule has 1 aliphatic heterocycles. The van der Waals surface area contributed by atoms with Gasteiger partial charge in [-0.25, -0.2) is 0 Å². The second-order valence-corrected chi connectivity index (χ2v) is 6.12. The Labute approximate surface area is 130 Å². The summed E-state index contributed by atoms with van der Waals surface area (Å²) < 4.78 is 6.86. The van der Waals surface area contributed by atoms with Crippen LogP contribution in [0.15, 0.2) is 35.4 Å². The van der Waals surface area contributed by atoms with Crippen molar-refractivity contribution in [2.75, 3.05) is 20.6 Å². The second kappa shape index (κ2) is 5.96. The molecule has 1 saturated heterocycles. The minimum atomic E-state index is 0.0481. The van der Waals surface area contributed by atoms with Crippen LogP contribution in [-0.4, -0.2) is 58.2 Å². The lowest BCUT2D eigenvalue weighted by atomic mass is 10.0. The highest BCUT2D eigenvalue weighted by molar-refractivity contribution is 5.94. The Kier molecular flexibility index (Phi) is 4.02. The van der Waals surface area contributed by atoms with Crippen LogP contribution < -0.4 is 0 Å². The molecule has 0 N–H and O–H groups in total. The molecule has 1 amide bonds. The van der Waals surface area contributed by atoms with Gasteiger partial charge >= 0.3 is 0 Å². The number of furan rings is 1. The molecule has 0 radical (unpaired) electrons. The van der Waals surface area contributed by atoms with E-state index in [4.69, 9.17) is 4.42 Å². The number of nitrogens with zero attached hydrogens (tertiary/aromatic N) is 4. The molecular formula is C16H22N4O2. The van der Waals surface area contributed by atoms with Crippen molar-refractivity contribution in [1.82, 2.24) is 19.6 Å². The number of carbonyl (C=O) groups is 1. The van der Waals surface area contributed by atoms with E-state index in [0.29, 0.717) is 11.6 Å². The number of likely N-dealkylation sites (tertiary alicyclic amines) is 1. The van der Waals surface area contributed by atoms with Crippen molar-refractivity contribution in [3.05, 3.63) is 42.1 Å². The number of rotatable bonds is 4. The van der Waals surface area contributed by atoms with E-state index in [1.165, 1.54) is 6.26 Å². The first-order valence-corrected chi connectivity index (χ1v) is 7.53. The second-order valence-electron chi connectivity index (χ2n) is 6.12. The summed E-state index contributed by atoms with van der Waals surface area (Å²) in [6.45, 7) is 0.776. The predicted molar refractivity (Wildman–Crippen MR) is 82.5 cm³/mol. The van der Waals surface area contributed by atoms with Crippen LogP contribution >= 0.6 is 0 Å². The molecule has 0 bridgehead atoms. The third-order valence-electron chi connectivity index (χ3n) is 4.41. The fourth-order valence-electron chi connectivity index (χ4n) is 3.31. The van der Waals surface area contributed by atoms with Gasteiger partial charge in [-0.05, 0) is 38.6 Å². The Morgan fingerprint density at radius 2 is 2.32 bits per heavy atom. The van der Waals surface area contributed by atoms with Crippen LogP contribution in [0, 0.1) is 0 Å². The van der Waals surface area contributed by atoms with Gasteiger partial charge in [0.05, 0.1) is 24.1 Å². The van der Waals surface area contributed by atoms with Crippen LogP contribution in [0.3, 0.4) is 0 Å². The first kappa shape index (κ1) is 14.8. The van der Waals surface area contributed by atoms with E-state index in [1.807, 2.05) is 24.3 Å². The summed E-state index contributed by atoms with van der Waals surface area (Å²) in [4.78, 5) is 16.9. The minimum absolute atomic E-state index is 0.0481. The normalized spacial score (nSPS) is 21.7. The fraction of sp³-hybridized carbons (Fsp3) is 0.500. The number of aryl methyl sites for hydroxylation is 1. The molecule has 2 aromatic heterocycles. The predicted octanol–water partition coefficient (Wildman–Crippen LogP) is 1.40. The van der Waals surface area contributed by atoms with Gasteiger partial charge < -0.3 is 14.2 Å². The van der Waals surface area contributed by atoms with Gasteiger partial charge in [0.15, 0.2) is 0 Å². The van der Waals surface area contributed by atoms with Gasteiger partial charge in [0.1, 0.15) is 6.26 Å². The van der Waals surface area contributed by atoms with Gasteiger partial charge in [0, 0.05) is 25.8 Å². The molecule has 1 fully saturated rings. The molecule has 22 heavy (non-hydrogen) atoms. The average molecular weight is 302 g/mol.